The third-order valence-corrected chi connectivity index (χ3v) is 8.14. The summed E-state index contributed by atoms with van der Waals surface area (Å²) in [6.45, 7) is 4.16. The number of aliphatic hydroxyl groups is 1. The molecule has 2 aromatic rings. The van der Waals surface area contributed by atoms with Gasteiger partial charge in [-0.15, -0.1) is 0 Å². The maximum atomic E-state index is 14.8. The predicted molar refractivity (Wildman–Crippen MR) is 131 cm³/mol. The van der Waals surface area contributed by atoms with Gasteiger partial charge in [-0.3, -0.25) is 0 Å². The molecular formula is C29H33F7O4. The SMILES string of the molecule is CCCCCC1CCC(C2(C)COC(O)(c3cc(F)c(C(F)(F)Oc4cc(F)c(F)c(F)c4)c(F)c3)OC2)CC1. The number of unbranched alkanes of at least 4 members (excludes halogenated alkanes) is 2. The first-order valence-corrected chi connectivity index (χ1v) is 13.5. The summed E-state index contributed by atoms with van der Waals surface area (Å²) >= 11 is 0. The fraction of sp³-hybridized carbons (Fsp3) is 0.586. The second-order valence-electron chi connectivity index (χ2n) is 11.2. The fourth-order valence-corrected chi connectivity index (χ4v) is 5.67. The molecule has 1 saturated carbocycles. The summed E-state index contributed by atoms with van der Waals surface area (Å²) < 4.78 is 114. The van der Waals surface area contributed by atoms with E-state index in [1.165, 1.54) is 25.7 Å². The van der Waals surface area contributed by atoms with Crippen molar-refractivity contribution in [3.8, 4) is 5.75 Å². The lowest BCUT2D eigenvalue weighted by Gasteiger charge is -2.47. The van der Waals surface area contributed by atoms with Crippen molar-refractivity contribution in [2.45, 2.75) is 77.3 Å². The van der Waals surface area contributed by atoms with Gasteiger partial charge in [-0.25, -0.2) is 22.0 Å². The molecule has 2 aromatic carbocycles. The normalized spacial score (nSPS) is 27.6. The van der Waals surface area contributed by atoms with E-state index in [1.807, 2.05) is 6.92 Å². The number of rotatable bonds is 9. The quantitative estimate of drug-likeness (QED) is 0.186. The van der Waals surface area contributed by atoms with Gasteiger partial charge in [0, 0.05) is 23.1 Å². The van der Waals surface area contributed by atoms with Crippen LogP contribution in [0.2, 0.25) is 0 Å². The molecule has 40 heavy (non-hydrogen) atoms. The Kier molecular flexibility index (Phi) is 9.06. The average molecular weight is 579 g/mol. The summed E-state index contributed by atoms with van der Waals surface area (Å²) in [4.78, 5) is 0. The maximum absolute atomic E-state index is 14.8. The highest BCUT2D eigenvalue weighted by molar-refractivity contribution is 5.32. The zero-order valence-electron chi connectivity index (χ0n) is 22.4. The van der Waals surface area contributed by atoms with Gasteiger partial charge in [-0.05, 0) is 36.8 Å². The number of hydrogen-bond donors (Lipinski definition) is 1. The highest BCUT2D eigenvalue weighted by atomic mass is 19.3. The van der Waals surface area contributed by atoms with Crippen LogP contribution >= 0.6 is 0 Å². The average Bonchev–Trinajstić information content (AvgIpc) is 2.89. The van der Waals surface area contributed by atoms with Gasteiger partial charge < -0.3 is 19.3 Å². The number of hydrogen-bond acceptors (Lipinski definition) is 4. The molecule has 0 amide bonds. The van der Waals surface area contributed by atoms with Crippen LogP contribution in [0.3, 0.4) is 0 Å². The molecule has 1 aliphatic heterocycles. The Morgan fingerprint density at radius 3 is 1.95 bits per heavy atom. The van der Waals surface area contributed by atoms with Crippen molar-refractivity contribution < 1.29 is 50.1 Å². The van der Waals surface area contributed by atoms with E-state index in [0.29, 0.717) is 18.1 Å². The maximum Gasteiger partial charge on any atom is 0.432 e. The second kappa shape index (κ2) is 11.9. The molecule has 1 saturated heterocycles. The molecule has 2 fully saturated rings. The molecule has 1 N–H and O–H groups in total. The summed E-state index contributed by atoms with van der Waals surface area (Å²) in [5.74, 6) is -12.1. The lowest BCUT2D eigenvalue weighted by Crippen LogP contribution is -2.50. The van der Waals surface area contributed by atoms with Gasteiger partial charge in [0.15, 0.2) is 17.5 Å². The van der Waals surface area contributed by atoms with Crippen LogP contribution in [0.5, 0.6) is 5.75 Å². The Morgan fingerprint density at radius 2 is 1.43 bits per heavy atom. The minimum atomic E-state index is -4.76. The van der Waals surface area contributed by atoms with Crippen LogP contribution in [-0.4, -0.2) is 18.3 Å². The van der Waals surface area contributed by atoms with Crippen molar-refractivity contribution in [3.63, 3.8) is 0 Å². The van der Waals surface area contributed by atoms with E-state index in [4.69, 9.17) is 9.47 Å². The van der Waals surface area contributed by atoms with Crippen molar-refractivity contribution in [2.75, 3.05) is 13.2 Å². The Hall–Kier alpha value is -2.37. The van der Waals surface area contributed by atoms with Crippen molar-refractivity contribution >= 4 is 0 Å². The molecule has 0 bridgehead atoms. The Labute approximate surface area is 228 Å². The fourth-order valence-electron chi connectivity index (χ4n) is 5.67. The van der Waals surface area contributed by atoms with Crippen molar-refractivity contribution in [1.29, 1.82) is 0 Å². The number of benzene rings is 2. The van der Waals surface area contributed by atoms with Crippen LogP contribution in [0.1, 0.15) is 76.3 Å². The first-order valence-electron chi connectivity index (χ1n) is 13.5. The summed E-state index contributed by atoms with van der Waals surface area (Å²) in [6, 6.07) is 1.04. The van der Waals surface area contributed by atoms with Gasteiger partial charge in [0.1, 0.15) is 22.9 Å². The molecule has 0 radical (unpaired) electrons. The van der Waals surface area contributed by atoms with Crippen molar-refractivity contribution in [3.05, 3.63) is 64.5 Å². The van der Waals surface area contributed by atoms with E-state index >= 15 is 0 Å². The lowest BCUT2D eigenvalue weighted by atomic mass is 9.67. The lowest BCUT2D eigenvalue weighted by molar-refractivity contribution is -0.419. The Morgan fingerprint density at radius 1 is 0.875 bits per heavy atom. The molecule has 4 rings (SSSR count). The summed E-state index contributed by atoms with van der Waals surface area (Å²) in [5, 5.41) is 10.9. The number of ether oxygens (including phenoxy) is 3. The predicted octanol–water partition coefficient (Wildman–Crippen LogP) is 8.05. The van der Waals surface area contributed by atoms with Gasteiger partial charge in [-0.2, -0.15) is 8.78 Å². The molecule has 1 aliphatic carbocycles. The minimum Gasteiger partial charge on any atom is -0.429 e. The third kappa shape index (κ3) is 6.41. The van der Waals surface area contributed by atoms with Crippen LogP contribution < -0.4 is 4.74 Å². The van der Waals surface area contributed by atoms with E-state index < -0.39 is 63.5 Å². The molecule has 4 nitrogen and oxygen atoms in total. The Bertz CT molecular complexity index is 1140. The van der Waals surface area contributed by atoms with E-state index in [1.54, 1.807) is 0 Å². The van der Waals surface area contributed by atoms with E-state index in [-0.39, 0.29) is 31.3 Å². The van der Waals surface area contributed by atoms with Gasteiger partial charge in [0.2, 0.25) is 0 Å². The zero-order valence-corrected chi connectivity index (χ0v) is 22.4. The van der Waals surface area contributed by atoms with Crippen LogP contribution in [0.15, 0.2) is 24.3 Å². The molecule has 1 heterocycles. The first kappa shape index (κ1) is 30.6. The Balaban J connectivity index is 1.44. The molecule has 0 aromatic heterocycles. The van der Waals surface area contributed by atoms with Crippen molar-refractivity contribution in [1.82, 2.24) is 0 Å². The van der Waals surface area contributed by atoms with Gasteiger partial charge in [0.05, 0.1) is 13.2 Å². The summed E-state index contributed by atoms with van der Waals surface area (Å²) in [5.41, 5.74) is -2.94. The topological polar surface area (TPSA) is 47.9 Å². The summed E-state index contributed by atoms with van der Waals surface area (Å²) in [6.07, 6.45) is 4.16. The zero-order chi connectivity index (χ0) is 29.3. The molecule has 11 heteroatoms. The number of halogens is 7. The van der Waals surface area contributed by atoms with E-state index in [9.17, 15) is 35.8 Å². The molecule has 0 atom stereocenters. The largest absolute Gasteiger partial charge is 0.432 e. The highest BCUT2D eigenvalue weighted by Gasteiger charge is 2.49. The monoisotopic (exact) mass is 578 g/mol. The molecule has 0 spiro atoms. The first-order chi connectivity index (χ1) is 18.8. The smallest absolute Gasteiger partial charge is 0.429 e. The van der Waals surface area contributed by atoms with Crippen LogP contribution in [0.4, 0.5) is 30.7 Å². The van der Waals surface area contributed by atoms with Crippen LogP contribution in [0, 0.1) is 46.3 Å². The number of alkyl halides is 2. The van der Waals surface area contributed by atoms with Gasteiger partial charge >= 0.3 is 12.1 Å². The second-order valence-corrected chi connectivity index (χ2v) is 11.2. The van der Waals surface area contributed by atoms with Gasteiger partial charge in [0.25, 0.3) is 0 Å². The molecule has 222 valence electrons. The van der Waals surface area contributed by atoms with Crippen LogP contribution in [-0.2, 0) is 21.6 Å². The highest BCUT2D eigenvalue weighted by Crippen LogP contribution is 2.47. The molecule has 2 aliphatic rings. The summed E-state index contributed by atoms with van der Waals surface area (Å²) in [7, 11) is 0. The van der Waals surface area contributed by atoms with E-state index in [2.05, 4.69) is 11.7 Å². The minimum absolute atomic E-state index is 0.0145. The standard InChI is InChI=1S/C29H33F7O4/c1-3-4-5-6-17-7-9-18(10-8-17)27(2)15-38-29(37,39-16-27)19-11-21(30)25(22(31)12-19)28(35,36)40-20-13-23(32)26(34)24(33)14-20/h11-14,17-18,37H,3-10,15-16H2,1-2H3. The molecular weight excluding hydrogens is 545 g/mol. The third-order valence-electron chi connectivity index (χ3n) is 8.14. The van der Waals surface area contributed by atoms with Crippen LogP contribution in [0.25, 0.3) is 0 Å². The van der Waals surface area contributed by atoms with E-state index in [0.717, 1.165) is 25.7 Å². The van der Waals surface area contributed by atoms with Gasteiger partial charge in [-0.1, -0.05) is 52.4 Å². The van der Waals surface area contributed by atoms with Crippen molar-refractivity contribution in [2.24, 2.45) is 17.3 Å². The molecule has 0 unspecified atom stereocenters.